The molecule has 2 aromatic carbocycles. The van der Waals surface area contributed by atoms with Crippen molar-refractivity contribution in [1.29, 1.82) is 0 Å². The lowest BCUT2D eigenvalue weighted by molar-refractivity contribution is 0.0600. The summed E-state index contributed by atoms with van der Waals surface area (Å²) >= 11 is -2.28. The molecule has 0 saturated heterocycles. The highest BCUT2D eigenvalue weighted by atomic mass is 32.2. The molecule has 1 atom stereocenters. The fourth-order valence-corrected chi connectivity index (χ4v) is 3.52. The average Bonchev–Trinajstić information content (AvgIpc) is 3.07. The maximum Gasteiger partial charge on any atom is 0.337 e. The monoisotopic (exact) mass is 405 g/mol. The molecule has 9 heteroatoms. The normalized spacial score (nSPS) is 12.5. The zero-order valence-electron chi connectivity index (χ0n) is 15.5. The Labute approximate surface area is 164 Å². The van der Waals surface area contributed by atoms with E-state index in [2.05, 4.69) is 9.84 Å². The zero-order valence-corrected chi connectivity index (χ0v) is 16.3. The van der Waals surface area contributed by atoms with Crippen LogP contribution in [0.5, 0.6) is 0 Å². The van der Waals surface area contributed by atoms with Crippen LogP contribution in [0.15, 0.2) is 42.6 Å². The first-order chi connectivity index (χ1) is 13.4. The Morgan fingerprint density at radius 1 is 1.32 bits per heavy atom. The van der Waals surface area contributed by atoms with Crippen molar-refractivity contribution < 1.29 is 22.7 Å². The SMILES string of the molecule is COC(=O)c1ccc(CN(CCc2cccc3c2cnn3C)S(=O)O)c(F)c1. The molecule has 1 heterocycles. The van der Waals surface area contributed by atoms with E-state index in [4.69, 9.17) is 0 Å². The quantitative estimate of drug-likeness (QED) is 0.483. The lowest BCUT2D eigenvalue weighted by atomic mass is 10.1. The summed E-state index contributed by atoms with van der Waals surface area (Å²) < 4.78 is 43.3. The third-order valence-corrected chi connectivity index (χ3v) is 5.31. The van der Waals surface area contributed by atoms with Crippen molar-refractivity contribution >= 4 is 28.1 Å². The molecule has 28 heavy (non-hydrogen) atoms. The van der Waals surface area contributed by atoms with Gasteiger partial charge in [0, 0.05) is 31.1 Å². The largest absolute Gasteiger partial charge is 0.465 e. The van der Waals surface area contributed by atoms with Gasteiger partial charge in [0.15, 0.2) is 0 Å². The van der Waals surface area contributed by atoms with Crippen LogP contribution < -0.4 is 0 Å². The summed E-state index contributed by atoms with van der Waals surface area (Å²) in [6.45, 7) is 0.175. The number of methoxy groups -OCH3 is 1. The first-order valence-electron chi connectivity index (χ1n) is 8.53. The minimum atomic E-state index is -2.28. The van der Waals surface area contributed by atoms with Gasteiger partial charge < -0.3 is 4.74 Å². The highest BCUT2D eigenvalue weighted by Gasteiger charge is 2.17. The van der Waals surface area contributed by atoms with Crippen LogP contribution in [0.1, 0.15) is 21.5 Å². The van der Waals surface area contributed by atoms with Crippen molar-refractivity contribution in [2.45, 2.75) is 13.0 Å². The molecule has 0 aliphatic heterocycles. The minimum absolute atomic E-state index is 0.0700. The van der Waals surface area contributed by atoms with E-state index >= 15 is 0 Å². The predicted molar refractivity (Wildman–Crippen MR) is 103 cm³/mol. The van der Waals surface area contributed by atoms with Gasteiger partial charge in [0.1, 0.15) is 5.82 Å². The zero-order chi connectivity index (χ0) is 20.3. The lowest BCUT2D eigenvalue weighted by Crippen LogP contribution is -2.28. The van der Waals surface area contributed by atoms with Crippen LogP contribution in [0, 0.1) is 5.82 Å². The summed E-state index contributed by atoms with van der Waals surface area (Å²) in [6, 6.07) is 9.71. The fraction of sp³-hybridized carbons (Fsp3) is 0.263. The Hall–Kier alpha value is -2.62. The second kappa shape index (κ2) is 8.59. The maximum atomic E-state index is 14.3. The van der Waals surface area contributed by atoms with Gasteiger partial charge in [-0.3, -0.25) is 9.23 Å². The number of hydrogen-bond donors (Lipinski definition) is 1. The number of benzene rings is 2. The van der Waals surface area contributed by atoms with E-state index in [0.717, 1.165) is 22.5 Å². The molecule has 1 unspecified atom stereocenters. The number of rotatable bonds is 7. The molecule has 1 N–H and O–H groups in total. The highest BCUT2D eigenvalue weighted by Crippen LogP contribution is 2.20. The van der Waals surface area contributed by atoms with E-state index in [1.165, 1.54) is 23.5 Å². The van der Waals surface area contributed by atoms with E-state index in [-0.39, 0.29) is 24.2 Å². The summed E-state index contributed by atoms with van der Waals surface area (Å²) in [5.74, 6) is -1.27. The summed E-state index contributed by atoms with van der Waals surface area (Å²) in [4.78, 5) is 11.5. The van der Waals surface area contributed by atoms with Crippen molar-refractivity contribution in [3.05, 3.63) is 65.1 Å². The van der Waals surface area contributed by atoms with Gasteiger partial charge in [-0.25, -0.2) is 13.4 Å². The lowest BCUT2D eigenvalue weighted by Gasteiger charge is -2.18. The molecule has 1 aromatic heterocycles. The second-order valence-corrected chi connectivity index (χ2v) is 7.24. The number of hydrogen-bond acceptors (Lipinski definition) is 4. The Morgan fingerprint density at radius 3 is 2.79 bits per heavy atom. The van der Waals surface area contributed by atoms with Gasteiger partial charge in [0.2, 0.25) is 11.3 Å². The van der Waals surface area contributed by atoms with Crippen LogP contribution in [0.25, 0.3) is 10.9 Å². The molecule has 0 bridgehead atoms. The first-order valence-corrected chi connectivity index (χ1v) is 9.59. The fourth-order valence-electron chi connectivity index (χ4n) is 3.02. The molecule has 7 nitrogen and oxygen atoms in total. The number of aromatic nitrogens is 2. The Kier molecular flexibility index (Phi) is 6.18. The first kappa shape index (κ1) is 20.1. The van der Waals surface area contributed by atoms with Crippen molar-refractivity contribution in [2.75, 3.05) is 13.7 Å². The Morgan fingerprint density at radius 2 is 2.11 bits per heavy atom. The van der Waals surface area contributed by atoms with Gasteiger partial charge in [0.05, 0.1) is 24.4 Å². The number of nitrogens with zero attached hydrogens (tertiary/aromatic N) is 3. The van der Waals surface area contributed by atoms with Crippen molar-refractivity contribution in [2.24, 2.45) is 7.05 Å². The van der Waals surface area contributed by atoms with Crippen molar-refractivity contribution in [3.63, 3.8) is 0 Å². The van der Waals surface area contributed by atoms with Gasteiger partial charge in [-0.1, -0.05) is 18.2 Å². The predicted octanol–water partition coefficient (Wildman–Crippen LogP) is 2.68. The van der Waals surface area contributed by atoms with E-state index in [9.17, 15) is 17.9 Å². The van der Waals surface area contributed by atoms with E-state index < -0.39 is 23.1 Å². The van der Waals surface area contributed by atoms with E-state index in [1.807, 2.05) is 25.2 Å². The molecule has 0 aliphatic rings. The molecule has 0 aliphatic carbocycles. The van der Waals surface area contributed by atoms with E-state index in [1.54, 1.807) is 10.9 Å². The third kappa shape index (κ3) is 4.27. The van der Waals surface area contributed by atoms with Gasteiger partial charge >= 0.3 is 5.97 Å². The number of esters is 1. The summed E-state index contributed by atoms with van der Waals surface area (Å²) in [7, 11) is 3.07. The van der Waals surface area contributed by atoms with Gasteiger partial charge in [-0.05, 0) is 30.2 Å². The summed E-state index contributed by atoms with van der Waals surface area (Å²) in [5, 5.41) is 5.21. The molecule has 0 spiro atoms. The number of halogens is 1. The molecular formula is C19H20FN3O4S. The summed E-state index contributed by atoms with van der Waals surface area (Å²) in [5.41, 5.74) is 2.26. The third-order valence-electron chi connectivity index (χ3n) is 4.55. The Balaban J connectivity index is 1.75. The number of carbonyl (C=O) groups is 1. The average molecular weight is 405 g/mol. The number of fused-ring (bicyclic) bond motifs is 1. The molecular weight excluding hydrogens is 385 g/mol. The standard InChI is InChI=1S/C19H20FN3O4S/c1-22-18-5-3-4-13(16(18)11-21-22)8-9-23(28(25)26)12-15-7-6-14(10-17(15)20)19(24)27-2/h3-7,10-11H,8-9,12H2,1-2H3,(H,25,26). The molecule has 0 radical (unpaired) electrons. The molecule has 148 valence electrons. The van der Waals surface area contributed by atoms with Crippen LogP contribution in [-0.2, 0) is 36.0 Å². The van der Waals surface area contributed by atoms with Gasteiger partial charge in [-0.2, -0.15) is 9.40 Å². The highest BCUT2D eigenvalue weighted by molar-refractivity contribution is 7.76. The van der Waals surface area contributed by atoms with E-state index in [0.29, 0.717) is 6.42 Å². The van der Waals surface area contributed by atoms with Gasteiger partial charge in [-0.15, -0.1) is 0 Å². The minimum Gasteiger partial charge on any atom is -0.465 e. The molecule has 3 aromatic rings. The number of carbonyl (C=O) groups excluding carboxylic acids is 1. The smallest absolute Gasteiger partial charge is 0.337 e. The van der Waals surface area contributed by atoms with Crippen LogP contribution in [0.3, 0.4) is 0 Å². The van der Waals surface area contributed by atoms with Crippen LogP contribution in [0.2, 0.25) is 0 Å². The van der Waals surface area contributed by atoms with Crippen LogP contribution >= 0.6 is 0 Å². The summed E-state index contributed by atoms with van der Waals surface area (Å²) in [6.07, 6.45) is 2.26. The van der Waals surface area contributed by atoms with Crippen LogP contribution in [-0.4, -0.2) is 42.5 Å². The maximum absolute atomic E-state index is 14.3. The Bertz CT molecular complexity index is 1040. The second-order valence-electron chi connectivity index (χ2n) is 6.26. The molecule has 3 rings (SSSR count). The van der Waals surface area contributed by atoms with Crippen LogP contribution in [0.4, 0.5) is 4.39 Å². The van der Waals surface area contributed by atoms with Gasteiger partial charge in [0.25, 0.3) is 0 Å². The molecule has 0 amide bonds. The number of aryl methyl sites for hydroxylation is 1. The molecule has 0 saturated carbocycles. The molecule has 0 fully saturated rings. The number of ether oxygens (including phenoxy) is 1. The topological polar surface area (TPSA) is 84.7 Å². The van der Waals surface area contributed by atoms with Crippen molar-refractivity contribution in [1.82, 2.24) is 14.1 Å². The van der Waals surface area contributed by atoms with Crippen molar-refractivity contribution in [3.8, 4) is 0 Å².